The van der Waals surface area contributed by atoms with Gasteiger partial charge in [-0.2, -0.15) is 0 Å². The largest absolute Gasteiger partial charge is 0.490 e. The molecule has 0 bridgehead atoms. The Bertz CT molecular complexity index is 734. The topological polar surface area (TPSA) is 48.0 Å². The van der Waals surface area contributed by atoms with Gasteiger partial charge in [-0.1, -0.05) is 28.1 Å². The maximum Gasteiger partial charge on any atom is 0.254 e. The van der Waals surface area contributed by atoms with Crippen LogP contribution in [0.25, 0.3) is 0 Å². The highest BCUT2D eigenvalue weighted by atomic mass is 79.9. The van der Waals surface area contributed by atoms with E-state index in [4.69, 9.17) is 14.2 Å². The summed E-state index contributed by atoms with van der Waals surface area (Å²) in [5.74, 6) is 1.47. The van der Waals surface area contributed by atoms with Crippen LogP contribution >= 0.6 is 15.9 Å². The number of benzene rings is 2. The van der Waals surface area contributed by atoms with Crippen molar-refractivity contribution in [3.05, 3.63) is 52.0 Å². The normalized spacial score (nSPS) is 10.4. The van der Waals surface area contributed by atoms with E-state index in [2.05, 4.69) is 15.9 Å². The van der Waals surface area contributed by atoms with Crippen LogP contribution in [-0.4, -0.2) is 37.7 Å². The zero-order chi connectivity index (χ0) is 19.8. The molecule has 0 aromatic heterocycles. The van der Waals surface area contributed by atoms with Crippen molar-refractivity contribution in [3.63, 3.8) is 0 Å². The molecule has 0 saturated heterocycles. The molecule has 27 heavy (non-hydrogen) atoms. The highest BCUT2D eigenvalue weighted by molar-refractivity contribution is 9.10. The van der Waals surface area contributed by atoms with Crippen molar-refractivity contribution in [3.8, 4) is 17.2 Å². The average Bonchev–Trinajstić information content (AvgIpc) is 2.65. The smallest absolute Gasteiger partial charge is 0.254 e. The highest BCUT2D eigenvalue weighted by Crippen LogP contribution is 2.39. The summed E-state index contributed by atoms with van der Waals surface area (Å²) in [5, 5.41) is 0. The molecule has 0 unspecified atom stereocenters. The number of ether oxygens (including phenoxy) is 3. The van der Waals surface area contributed by atoms with Gasteiger partial charge in [0.2, 0.25) is 5.75 Å². The quantitative estimate of drug-likeness (QED) is 0.560. The fraction of sp³-hybridized carbons (Fsp3) is 0.381. The van der Waals surface area contributed by atoms with Crippen molar-refractivity contribution in [2.24, 2.45) is 0 Å². The number of rotatable bonds is 9. The molecular formula is C21H26BrNO4. The van der Waals surface area contributed by atoms with Gasteiger partial charge in [-0.25, -0.2) is 0 Å². The number of hydrogen-bond acceptors (Lipinski definition) is 4. The van der Waals surface area contributed by atoms with Gasteiger partial charge in [-0.3, -0.25) is 4.79 Å². The van der Waals surface area contributed by atoms with Crippen LogP contribution in [-0.2, 0) is 6.54 Å². The molecule has 0 aliphatic carbocycles. The molecule has 0 radical (unpaired) electrons. The second kappa shape index (κ2) is 10.2. The number of hydrogen-bond donors (Lipinski definition) is 0. The number of nitrogens with zero attached hydrogens (tertiary/aromatic N) is 1. The first-order valence-electron chi connectivity index (χ1n) is 9.06. The Morgan fingerprint density at radius 2 is 1.44 bits per heavy atom. The van der Waals surface area contributed by atoms with Crippen molar-refractivity contribution >= 4 is 21.8 Å². The third-order valence-corrected chi connectivity index (χ3v) is 4.36. The van der Waals surface area contributed by atoms with Gasteiger partial charge in [-0.05, 0) is 50.6 Å². The third kappa shape index (κ3) is 5.63. The average molecular weight is 436 g/mol. The lowest BCUT2D eigenvalue weighted by Crippen LogP contribution is -2.26. The van der Waals surface area contributed by atoms with Gasteiger partial charge in [0.05, 0.1) is 19.8 Å². The lowest BCUT2D eigenvalue weighted by molar-refractivity contribution is 0.0784. The van der Waals surface area contributed by atoms with Gasteiger partial charge in [-0.15, -0.1) is 0 Å². The molecule has 2 aromatic carbocycles. The van der Waals surface area contributed by atoms with Gasteiger partial charge in [0.15, 0.2) is 11.5 Å². The van der Waals surface area contributed by atoms with Crippen molar-refractivity contribution < 1.29 is 19.0 Å². The van der Waals surface area contributed by atoms with Crippen molar-refractivity contribution in [1.29, 1.82) is 0 Å². The van der Waals surface area contributed by atoms with E-state index in [1.807, 2.05) is 45.0 Å². The maximum atomic E-state index is 13.0. The molecular weight excluding hydrogens is 410 g/mol. The standard InChI is InChI=1S/C21H26BrNO4/c1-5-25-18-12-16(13-19(26-6-2)20(18)27-7-3)21(24)23(4)14-15-8-10-17(22)11-9-15/h8-13H,5-7,14H2,1-4H3. The van der Waals surface area contributed by atoms with Gasteiger partial charge in [0.1, 0.15) is 0 Å². The fourth-order valence-electron chi connectivity index (χ4n) is 2.67. The summed E-state index contributed by atoms with van der Waals surface area (Å²) in [4.78, 5) is 14.6. The molecule has 0 aliphatic rings. The summed E-state index contributed by atoms with van der Waals surface area (Å²) < 4.78 is 18.1. The van der Waals surface area contributed by atoms with Crippen LogP contribution < -0.4 is 14.2 Å². The SMILES string of the molecule is CCOc1cc(C(=O)N(C)Cc2ccc(Br)cc2)cc(OCC)c1OCC. The van der Waals surface area contributed by atoms with E-state index >= 15 is 0 Å². The summed E-state index contributed by atoms with van der Waals surface area (Å²) in [6.07, 6.45) is 0. The summed E-state index contributed by atoms with van der Waals surface area (Å²) in [7, 11) is 1.78. The van der Waals surface area contributed by atoms with Gasteiger partial charge in [0.25, 0.3) is 5.91 Å². The van der Waals surface area contributed by atoms with Crippen LogP contribution in [0.4, 0.5) is 0 Å². The van der Waals surface area contributed by atoms with Gasteiger partial charge >= 0.3 is 0 Å². The van der Waals surface area contributed by atoms with E-state index in [9.17, 15) is 4.79 Å². The molecule has 1 amide bonds. The molecule has 2 rings (SSSR count). The number of carbonyl (C=O) groups excluding carboxylic acids is 1. The zero-order valence-electron chi connectivity index (χ0n) is 16.3. The summed E-state index contributed by atoms with van der Waals surface area (Å²) in [6.45, 7) is 7.62. The highest BCUT2D eigenvalue weighted by Gasteiger charge is 2.20. The van der Waals surface area contributed by atoms with Crippen molar-refractivity contribution in [2.75, 3.05) is 26.9 Å². The second-order valence-corrected chi connectivity index (χ2v) is 6.80. The first kappa shape index (κ1) is 21.1. The molecule has 5 nitrogen and oxygen atoms in total. The molecule has 0 aliphatic heterocycles. The number of carbonyl (C=O) groups is 1. The van der Waals surface area contributed by atoms with Crippen molar-refractivity contribution in [2.45, 2.75) is 27.3 Å². The minimum atomic E-state index is -0.108. The predicted octanol–water partition coefficient (Wildman–Crippen LogP) is 4.92. The fourth-order valence-corrected chi connectivity index (χ4v) is 2.93. The summed E-state index contributed by atoms with van der Waals surface area (Å²) in [5.41, 5.74) is 1.56. The Morgan fingerprint density at radius 3 is 1.93 bits per heavy atom. The third-order valence-electron chi connectivity index (χ3n) is 3.84. The van der Waals surface area contributed by atoms with E-state index in [1.54, 1.807) is 24.1 Å². The van der Waals surface area contributed by atoms with E-state index in [0.29, 0.717) is 49.2 Å². The van der Waals surface area contributed by atoms with Crippen LogP contribution in [0.15, 0.2) is 40.9 Å². The number of amides is 1. The predicted molar refractivity (Wildman–Crippen MR) is 110 cm³/mol. The van der Waals surface area contributed by atoms with E-state index < -0.39 is 0 Å². The molecule has 0 atom stereocenters. The first-order chi connectivity index (χ1) is 13.0. The summed E-state index contributed by atoms with van der Waals surface area (Å²) in [6, 6.07) is 11.3. The minimum absolute atomic E-state index is 0.108. The maximum absolute atomic E-state index is 13.0. The lowest BCUT2D eigenvalue weighted by atomic mass is 10.1. The second-order valence-electron chi connectivity index (χ2n) is 5.89. The Balaban J connectivity index is 2.31. The van der Waals surface area contributed by atoms with E-state index in [0.717, 1.165) is 10.0 Å². The Hall–Kier alpha value is -2.21. The molecule has 146 valence electrons. The van der Waals surface area contributed by atoms with Crippen LogP contribution in [0.1, 0.15) is 36.7 Å². The molecule has 6 heteroatoms. The Morgan fingerprint density at radius 1 is 0.926 bits per heavy atom. The Kier molecular flexibility index (Phi) is 7.98. The molecule has 0 N–H and O–H groups in total. The van der Waals surface area contributed by atoms with Crippen LogP contribution in [0.2, 0.25) is 0 Å². The molecule has 0 spiro atoms. The summed E-state index contributed by atoms with van der Waals surface area (Å²) >= 11 is 3.42. The zero-order valence-corrected chi connectivity index (χ0v) is 17.8. The van der Waals surface area contributed by atoms with E-state index in [-0.39, 0.29) is 5.91 Å². The molecule has 0 saturated carbocycles. The van der Waals surface area contributed by atoms with Crippen LogP contribution in [0, 0.1) is 0 Å². The van der Waals surface area contributed by atoms with E-state index in [1.165, 1.54) is 0 Å². The Labute approximate surface area is 169 Å². The molecule has 0 heterocycles. The molecule has 0 fully saturated rings. The van der Waals surface area contributed by atoms with Gasteiger partial charge in [0, 0.05) is 23.6 Å². The minimum Gasteiger partial charge on any atom is -0.490 e. The van der Waals surface area contributed by atoms with Crippen molar-refractivity contribution in [1.82, 2.24) is 4.90 Å². The lowest BCUT2D eigenvalue weighted by Gasteiger charge is -2.20. The van der Waals surface area contributed by atoms with Crippen LogP contribution in [0.3, 0.4) is 0 Å². The first-order valence-corrected chi connectivity index (χ1v) is 9.85. The van der Waals surface area contributed by atoms with Gasteiger partial charge < -0.3 is 19.1 Å². The number of halogens is 1. The molecule has 2 aromatic rings. The monoisotopic (exact) mass is 435 g/mol. The van der Waals surface area contributed by atoms with Crippen LogP contribution in [0.5, 0.6) is 17.2 Å².